The van der Waals surface area contributed by atoms with Crippen molar-refractivity contribution in [2.75, 3.05) is 0 Å². The molecule has 0 aliphatic rings. The Morgan fingerprint density at radius 1 is 1.00 bits per heavy atom. The van der Waals surface area contributed by atoms with Gasteiger partial charge in [0.25, 0.3) is 0 Å². The van der Waals surface area contributed by atoms with Gasteiger partial charge in [0.2, 0.25) is 0 Å². The van der Waals surface area contributed by atoms with Crippen molar-refractivity contribution in [2.24, 2.45) is 0 Å². The van der Waals surface area contributed by atoms with Crippen LogP contribution in [0.4, 0.5) is 0 Å². The van der Waals surface area contributed by atoms with Gasteiger partial charge in [0, 0.05) is 32.7 Å². The number of carbonyl (C=O) groups is 1. The normalized spacial score (nSPS) is 9.43. The first-order chi connectivity index (χ1) is 6.29. The monoisotopic (exact) mass is 261 g/mol. The number of aromatic carboxylic acids is 1. The van der Waals surface area contributed by atoms with Crippen LogP contribution in [0.15, 0.2) is 42.5 Å². The summed E-state index contributed by atoms with van der Waals surface area (Å²) in [6.07, 6.45) is 0. The fraction of sp³-hybridized carbons (Fsp3) is 0. The molecule has 1 radical (unpaired) electrons. The van der Waals surface area contributed by atoms with Gasteiger partial charge in [-0.15, -0.1) is 0 Å². The Bertz CT molecular complexity index is 460. The fourth-order valence-corrected chi connectivity index (χ4v) is 1.41. The number of carboxylic acids is 1. The third-order valence-corrected chi connectivity index (χ3v) is 2.02. The minimum Gasteiger partial charge on any atom is -0.478 e. The molecule has 67 valence electrons. The molecule has 0 atom stereocenters. The first kappa shape index (κ1) is 11.3. The Hall–Kier alpha value is -0.726. The van der Waals surface area contributed by atoms with E-state index < -0.39 is 5.97 Å². The molecule has 0 saturated carbocycles. The minimum absolute atomic E-state index is 0. The van der Waals surface area contributed by atoms with Gasteiger partial charge in [0.05, 0.1) is 5.56 Å². The molecule has 2 nitrogen and oxygen atoms in total. The second kappa shape index (κ2) is 4.67. The van der Waals surface area contributed by atoms with E-state index in [4.69, 9.17) is 5.11 Å². The summed E-state index contributed by atoms with van der Waals surface area (Å²) in [5.41, 5.74) is 0.359. The third kappa shape index (κ3) is 2.02. The van der Waals surface area contributed by atoms with E-state index in [2.05, 4.69) is 0 Å². The van der Waals surface area contributed by atoms with Gasteiger partial charge < -0.3 is 5.11 Å². The maximum Gasteiger partial charge on any atom is 0.336 e. The molecule has 0 aliphatic carbocycles. The van der Waals surface area contributed by atoms with Crippen LogP contribution in [0.5, 0.6) is 0 Å². The van der Waals surface area contributed by atoms with Gasteiger partial charge in [-0.05, 0) is 16.8 Å². The summed E-state index contributed by atoms with van der Waals surface area (Å²) in [6, 6.07) is 12.7. The van der Waals surface area contributed by atoms with E-state index in [0.717, 1.165) is 10.8 Å². The molecule has 0 bridgehead atoms. The summed E-state index contributed by atoms with van der Waals surface area (Å²) < 4.78 is 0. The molecular weight excluding hydrogens is 253 g/mol. The largest absolute Gasteiger partial charge is 0.478 e. The van der Waals surface area contributed by atoms with Crippen LogP contribution >= 0.6 is 0 Å². The van der Waals surface area contributed by atoms with E-state index in [9.17, 15) is 4.79 Å². The molecule has 3 heteroatoms. The van der Waals surface area contributed by atoms with Gasteiger partial charge in [-0.3, -0.25) is 0 Å². The van der Waals surface area contributed by atoms with Crippen molar-refractivity contribution in [3.05, 3.63) is 48.0 Å². The summed E-state index contributed by atoms with van der Waals surface area (Å²) in [7, 11) is 0. The van der Waals surface area contributed by atoms with E-state index in [0.29, 0.717) is 5.56 Å². The van der Waals surface area contributed by atoms with E-state index in [1.165, 1.54) is 0 Å². The van der Waals surface area contributed by atoms with E-state index in [1.807, 2.05) is 30.3 Å². The molecule has 0 spiro atoms. The Kier molecular flexibility index (Phi) is 3.79. The first-order valence-corrected chi connectivity index (χ1v) is 4.00. The maximum atomic E-state index is 10.8. The molecule has 2 aromatic rings. The maximum absolute atomic E-state index is 10.8. The summed E-state index contributed by atoms with van der Waals surface area (Å²) >= 11 is 0. The van der Waals surface area contributed by atoms with Crippen molar-refractivity contribution in [3.8, 4) is 0 Å². The third-order valence-electron chi connectivity index (χ3n) is 2.02. The van der Waals surface area contributed by atoms with Crippen LogP contribution in [0, 0.1) is 0 Å². The van der Waals surface area contributed by atoms with Gasteiger partial charge in [-0.25, -0.2) is 4.79 Å². The zero-order valence-corrected chi connectivity index (χ0v) is 10.3. The van der Waals surface area contributed by atoms with Crippen LogP contribution in [0.2, 0.25) is 0 Å². The molecule has 1 N–H and O–H groups in total. The molecule has 0 aromatic heterocycles. The van der Waals surface area contributed by atoms with E-state index >= 15 is 0 Å². The molecule has 14 heavy (non-hydrogen) atoms. The summed E-state index contributed by atoms with van der Waals surface area (Å²) in [4.78, 5) is 10.8. The van der Waals surface area contributed by atoms with Gasteiger partial charge in [0.1, 0.15) is 0 Å². The number of benzene rings is 2. The Labute approximate surface area is 107 Å². The first-order valence-electron chi connectivity index (χ1n) is 4.00. The molecule has 0 aliphatic heterocycles. The number of carboxylic acid groups (broad SMARTS) is 1. The second-order valence-corrected chi connectivity index (χ2v) is 2.83. The summed E-state index contributed by atoms with van der Waals surface area (Å²) in [5, 5.41) is 10.6. The molecule has 0 unspecified atom stereocenters. The predicted molar refractivity (Wildman–Crippen MR) is 50.9 cm³/mol. The minimum atomic E-state index is -0.878. The Morgan fingerprint density at radius 2 is 1.64 bits per heavy atom. The SMILES string of the molecule is O=C(O)c1cccc2ccccc12.[Y]. The number of rotatable bonds is 1. The zero-order chi connectivity index (χ0) is 9.26. The quantitative estimate of drug-likeness (QED) is 0.856. The van der Waals surface area contributed by atoms with Crippen molar-refractivity contribution in [1.82, 2.24) is 0 Å². The molecule has 0 heterocycles. The number of hydrogen-bond donors (Lipinski definition) is 1. The zero-order valence-electron chi connectivity index (χ0n) is 7.47. The summed E-state index contributed by atoms with van der Waals surface area (Å²) in [5.74, 6) is -0.878. The van der Waals surface area contributed by atoms with Crippen LogP contribution in [-0.4, -0.2) is 11.1 Å². The predicted octanol–water partition coefficient (Wildman–Crippen LogP) is 2.54. The molecule has 0 fully saturated rings. The molecule has 2 aromatic carbocycles. The molecule has 2 rings (SSSR count). The van der Waals surface area contributed by atoms with Crippen LogP contribution in [0.25, 0.3) is 10.8 Å². The van der Waals surface area contributed by atoms with Crippen molar-refractivity contribution in [3.63, 3.8) is 0 Å². The Balaban J connectivity index is 0.000000980. The van der Waals surface area contributed by atoms with Crippen molar-refractivity contribution in [2.45, 2.75) is 0 Å². The van der Waals surface area contributed by atoms with Crippen LogP contribution in [-0.2, 0) is 32.7 Å². The average molecular weight is 261 g/mol. The van der Waals surface area contributed by atoms with Crippen LogP contribution in [0.3, 0.4) is 0 Å². The topological polar surface area (TPSA) is 37.3 Å². The second-order valence-electron chi connectivity index (χ2n) is 2.83. The van der Waals surface area contributed by atoms with Crippen molar-refractivity contribution >= 4 is 16.7 Å². The molecule has 0 amide bonds. The van der Waals surface area contributed by atoms with E-state index in [1.54, 1.807) is 12.1 Å². The average Bonchev–Trinajstić information content (AvgIpc) is 2.17. The van der Waals surface area contributed by atoms with Gasteiger partial charge >= 0.3 is 5.97 Å². The number of hydrogen-bond acceptors (Lipinski definition) is 1. The Morgan fingerprint density at radius 3 is 2.36 bits per heavy atom. The fourth-order valence-electron chi connectivity index (χ4n) is 1.41. The van der Waals surface area contributed by atoms with Gasteiger partial charge in [-0.2, -0.15) is 0 Å². The molecular formula is C11H8O2Y. The van der Waals surface area contributed by atoms with Gasteiger partial charge in [-0.1, -0.05) is 36.4 Å². The smallest absolute Gasteiger partial charge is 0.336 e. The van der Waals surface area contributed by atoms with Gasteiger partial charge in [0.15, 0.2) is 0 Å². The standard InChI is InChI=1S/C11H8O2.Y/c12-11(13)10-7-3-5-8-4-1-2-6-9(8)10;/h1-7H,(H,12,13);. The van der Waals surface area contributed by atoms with Crippen LogP contribution < -0.4 is 0 Å². The van der Waals surface area contributed by atoms with E-state index in [-0.39, 0.29) is 32.7 Å². The van der Waals surface area contributed by atoms with Crippen molar-refractivity contribution in [1.29, 1.82) is 0 Å². The van der Waals surface area contributed by atoms with Crippen molar-refractivity contribution < 1.29 is 42.6 Å². The number of fused-ring (bicyclic) bond motifs is 1. The molecule has 0 saturated heterocycles. The van der Waals surface area contributed by atoms with Crippen LogP contribution in [0.1, 0.15) is 10.4 Å². The summed E-state index contributed by atoms with van der Waals surface area (Å²) in [6.45, 7) is 0.